The molecule has 0 saturated carbocycles. The molecule has 1 fully saturated rings. The Kier molecular flexibility index (Phi) is 8.80. The van der Waals surface area contributed by atoms with Crippen molar-refractivity contribution in [1.29, 1.82) is 0 Å². The third-order valence-electron chi connectivity index (χ3n) is 5.74. The van der Waals surface area contributed by atoms with E-state index < -0.39 is 15.9 Å². The van der Waals surface area contributed by atoms with Gasteiger partial charge in [0.05, 0.1) is 5.75 Å². The molecule has 1 aliphatic heterocycles. The first-order valence-corrected chi connectivity index (χ1v) is 13.4. The van der Waals surface area contributed by atoms with Gasteiger partial charge in [-0.1, -0.05) is 33.6 Å². The monoisotopic (exact) mass is 558 g/mol. The van der Waals surface area contributed by atoms with E-state index in [9.17, 15) is 13.2 Å². The Labute approximate surface area is 208 Å². The fraction of sp³-hybridized carbons (Fsp3) is 0.435. The highest BCUT2D eigenvalue weighted by Crippen LogP contribution is 2.25. The predicted octanol–water partition coefficient (Wildman–Crippen LogP) is 3.87. The quantitative estimate of drug-likeness (QED) is 0.494. The standard InChI is InChI=1S/C23H28BrClN2O5S/c1-16-12-21(25)17(2)11-19(16)14-26-6-8-27(9-7-26)23(28)15-32-22-4-3-20(24)13-18(22)5-10-33(29,30)31/h3-4,11-13H,5-10,14-15H2,1-2H3,(H,29,30,31). The average molecular weight is 560 g/mol. The van der Waals surface area contributed by atoms with Crippen LogP contribution < -0.4 is 4.74 Å². The summed E-state index contributed by atoms with van der Waals surface area (Å²) in [6.07, 6.45) is 0.0874. The number of nitrogens with zero attached hydrogens (tertiary/aromatic N) is 2. The zero-order valence-corrected chi connectivity index (χ0v) is 21.8. The Bertz CT molecular complexity index is 1120. The van der Waals surface area contributed by atoms with Crippen LogP contribution in [0.5, 0.6) is 5.75 Å². The summed E-state index contributed by atoms with van der Waals surface area (Å²) in [7, 11) is -4.09. The summed E-state index contributed by atoms with van der Waals surface area (Å²) in [4.78, 5) is 16.8. The van der Waals surface area contributed by atoms with E-state index in [1.807, 2.05) is 13.0 Å². The van der Waals surface area contributed by atoms with Crippen LogP contribution in [0.4, 0.5) is 0 Å². The molecular weight excluding hydrogens is 532 g/mol. The van der Waals surface area contributed by atoms with Gasteiger partial charge in [0.1, 0.15) is 5.75 Å². The first-order chi connectivity index (χ1) is 15.5. The van der Waals surface area contributed by atoms with Gasteiger partial charge in [-0.2, -0.15) is 8.42 Å². The minimum Gasteiger partial charge on any atom is -0.483 e. The molecule has 33 heavy (non-hydrogen) atoms. The fourth-order valence-corrected chi connectivity index (χ4v) is 4.87. The lowest BCUT2D eigenvalue weighted by molar-refractivity contribution is -0.135. The van der Waals surface area contributed by atoms with Crippen LogP contribution >= 0.6 is 27.5 Å². The van der Waals surface area contributed by atoms with E-state index in [0.29, 0.717) is 24.4 Å². The molecule has 1 saturated heterocycles. The van der Waals surface area contributed by atoms with Gasteiger partial charge in [-0.05, 0) is 66.8 Å². The van der Waals surface area contributed by atoms with Gasteiger partial charge in [0.2, 0.25) is 0 Å². The SMILES string of the molecule is Cc1cc(CN2CCN(C(=O)COc3ccc(Br)cc3CCS(=O)(=O)O)CC2)c(C)cc1Cl. The highest BCUT2D eigenvalue weighted by molar-refractivity contribution is 9.10. The van der Waals surface area contributed by atoms with Crippen molar-refractivity contribution >= 4 is 43.6 Å². The largest absolute Gasteiger partial charge is 0.483 e. The Morgan fingerprint density at radius 1 is 1.09 bits per heavy atom. The van der Waals surface area contributed by atoms with Gasteiger partial charge in [0, 0.05) is 42.2 Å². The second-order valence-corrected chi connectivity index (χ2v) is 11.2. The zero-order valence-electron chi connectivity index (χ0n) is 18.7. The normalized spacial score (nSPS) is 15.0. The number of hydrogen-bond acceptors (Lipinski definition) is 5. The molecule has 1 amide bonds. The molecule has 1 heterocycles. The first kappa shape index (κ1) is 26.0. The molecule has 2 aromatic rings. The van der Waals surface area contributed by atoms with Gasteiger partial charge in [-0.3, -0.25) is 14.2 Å². The van der Waals surface area contributed by atoms with Gasteiger partial charge < -0.3 is 9.64 Å². The molecule has 3 rings (SSSR count). The number of halogens is 2. The van der Waals surface area contributed by atoms with Crippen LogP contribution in [-0.2, 0) is 27.9 Å². The van der Waals surface area contributed by atoms with E-state index in [-0.39, 0.29) is 18.9 Å². The third-order valence-corrected chi connectivity index (χ3v) is 7.36. The molecule has 0 spiro atoms. The van der Waals surface area contributed by atoms with E-state index in [1.165, 1.54) is 5.56 Å². The summed E-state index contributed by atoms with van der Waals surface area (Å²) < 4.78 is 37.7. The molecule has 7 nitrogen and oxygen atoms in total. The lowest BCUT2D eigenvalue weighted by Gasteiger charge is -2.35. The summed E-state index contributed by atoms with van der Waals surface area (Å²) in [5, 5.41) is 0.776. The molecular formula is C23H28BrClN2O5S. The number of rotatable bonds is 8. The average Bonchev–Trinajstić information content (AvgIpc) is 2.75. The van der Waals surface area contributed by atoms with Gasteiger partial charge in [0.25, 0.3) is 16.0 Å². The van der Waals surface area contributed by atoms with Crippen LogP contribution in [0.25, 0.3) is 0 Å². The molecule has 2 aromatic carbocycles. The molecule has 1 N–H and O–H groups in total. The zero-order chi connectivity index (χ0) is 24.2. The molecule has 180 valence electrons. The van der Waals surface area contributed by atoms with Crippen molar-refractivity contribution in [2.24, 2.45) is 0 Å². The van der Waals surface area contributed by atoms with Crippen molar-refractivity contribution in [3.05, 3.63) is 62.1 Å². The summed E-state index contributed by atoms with van der Waals surface area (Å²) in [5.41, 5.74) is 4.07. The number of amides is 1. The Morgan fingerprint density at radius 3 is 2.45 bits per heavy atom. The van der Waals surface area contributed by atoms with E-state index in [0.717, 1.165) is 40.3 Å². The molecule has 0 atom stereocenters. The maximum Gasteiger partial charge on any atom is 0.265 e. The molecule has 0 unspecified atom stereocenters. The Morgan fingerprint density at radius 2 is 1.79 bits per heavy atom. The number of aryl methyl sites for hydroxylation is 3. The van der Waals surface area contributed by atoms with Crippen molar-refractivity contribution in [2.75, 3.05) is 38.5 Å². The number of hydrogen-bond donors (Lipinski definition) is 1. The number of benzene rings is 2. The minimum atomic E-state index is -4.09. The third kappa shape index (κ3) is 7.68. The topological polar surface area (TPSA) is 87.2 Å². The van der Waals surface area contributed by atoms with Gasteiger partial charge in [-0.25, -0.2) is 0 Å². The minimum absolute atomic E-state index is 0.0874. The van der Waals surface area contributed by atoms with Crippen LogP contribution in [0, 0.1) is 13.8 Å². The highest BCUT2D eigenvalue weighted by Gasteiger charge is 2.22. The first-order valence-electron chi connectivity index (χ1n) is 10.6. The van der Waals surface area contributed by atoms with Gasteiger partial charge in [0.15, 0.2) is 6.61 Å². The molecule has 0 aromatic heterocycles. The predicted molar refractivity (Wildman–Crippen MR) is 133 cm³/mol. The molecule has 10 heteroatoms. The van der Waals surface area contributed by atoms with Crippen molar-refractivity contribution in [3.8, 4) is 5.75 Å². The van der Waals surface area contributed by atoms with Crippen LogP contribution in [0.3, 0.4) is 0 Å². The second-order valence-electron chi connectivity index (χ2n) is 8.26. The van der Waals surface area contributed by atoms with Crippen LogP contribution in [0.15, 0.2) is 34.8 Å². The van der Waals surface area contributed by atoms with Gasteiger partial charge >= 0.3 is 0 Å². The van der Waals surface area contributed by atoms with E-state index in [4.69, 9.17) is 20.9 Å². The summed E-state index contributed by atoms with van der Waals surface area (Å²) >= 11 is 9.55. The Hall–Kier alpha value is -1.65. The Balaban J connectivity index is 1.52. The number of piperazine rings is 1. The summed E-state index contributed by atoms with van der Waals surface area (Å²) in [6, 6.07) is 9.29. The lowest BCUT2D eigenvalue weighted by Crippen LogP contribution is -2.49. The number of ether oxygens (including phenoxy) is 1. The molecule has 0 aliphatic carbocycles. The van der Waals surface area contributed by atoms with Crippen LogP contribution in [-0.4, -0.2) is 67.2 Å². The van der Waals surface area contributed by atoms with Crippen molar-refractivity contribution in [3.63, 3.8) is 0 Å². The van der Waals surface area contributed by atoms with E-state index >= 15 is 0 Å². The smallest absolute Gasteiger partial charge is 0.265 e. The lowest BCUT2D eigenvalue weighted by atomic mass is 10.0. The number of carbonyl (C=O) groups excluding carboxylic acids is 1. The van der Waals surface area contributed by atoms with Crippen LogP contribution in [0.2, 0.25) is 5.02 Å². The van der Waals surface area contributed by atoms with Crippen molar-refractivity contribution in [2.45, 2.75) is 26.8 Å². The summed E-state index contributed by atoms with van der Waals surface area (Å²) in [6.45, 7) is 7.52. The van der Waals surface area contributed by atoms with E-state index in [2.05, 4.69) is 33.8 Å². The van der Waals surface area contributed by atoms with Crippen molar-refractivity contribution < 1.29 is 22.5 Å². The van der Waals surface area contributed by atoms with Crippen LogP contribution in [0.1, 0.15) is 22.3 Å². The second kappa shape index (κ2) is 11.2. The molecule has 1 aliphatic rings. The highest BCUT2D eigenvalue weighted by atomic mass is 79.9. The fourth-order valence-electron chi connectivity index (χ4n) is 3.76. The van der Waals surface area contributed by atoms with E-state index in [1.54, 1.807) is 23.1 Å². The summed E-state index contributed by atoms with van der Waals surface area (Å²) in [5.74, 6) is -0.0956. The van der Waals surface area contributed by atoms with Crippen molar-refractivity contribution in [1.82, 2.24) is 9.80 Å². The molecule has 0 radical (unpaired) electrons. The maximum absolute atomic E-state index is 12.7. The maximum atomic E-state index is 12.7. The number of carbonyl (C=O) groups is 1. The van der Waals surface area contributed by atoms with Gasteiger partial charge in [-0.15, -0.1) is 0 Å². The molecule has 0 bridgehead atoms.